The van der Waals surface area contributed by atoms with Gasteiger partial charge in [0.2, 0.25) is 0 Å². The van der Waals surface area contributed by atoms with Gasteiger partial charge < -0.3 is 9.84 Å². The maximum atomic E-state index is 9.64. The third kappa shape index (κ3) is 1.46. The highest BCUT2D eigenvalue weighted by Gasteiger charge is 2.61. The van der Waals surface area contributed by atoms with Gasteiger partial charge in [0, 0.05) is 0 Å². The number of aliphatic hydroxyl groups is 1. The summed E-state index contributed by atoms with van der Waals surface area (Å²) in [6, 6.07) is 0. The Morgan fingerprint density at radius 1 is 1.47 bits per heavy atom. The first-order chi connectivity index (χ1) is 7.07. The van der Waals surface area contributed by atoms with E-state index in [0.717, 1.165) is 12.3 Å². The molecule has 0 unspecified atom stereocenters. The number of fused-ring (bicyclic) bond motifs is 2. The van der Waals surface area contributed by atoms with Gasteiger partial charge in [0.1, 0.15) is 0 Å². The topological polar surface area (TPSA) is 29.5 Å². The van der Waals surface area contributed by atoms with Crippen LogP contribution in [0.2, 0.25) is 0 Å². The van der Waals surface area contributed by atoms with Crippen LogP contribution in [0.15, 0.2) is 12.7 Å². The fraction of sp³-hybridized carbons (Fsp3) is 0.846. The lowest BCUT2D eigenvalue weighted by Gasteiger charge is -2.37. The lowest BCUT2D eigenvalue weighted by Crippen LogP contribution is -2.44. The van der Waals surface area contributed by atoms with E-state index < -0.39 is 0 Å². The van der Waals surface area contributed by atoms with Crippen molar-refractivity contribution < 1.29 is 9.84 Å². The van der Waals surface area contributed by atoms with Crippen molar-refractivity contribution in [1.29, 1.82) is 0 Å². The van der Waals surface area contributed by atoms with E-state index in [1.165, 1.54) is 12.8 Å². The van der Waals surface area contributed by atoms with Crippen LogP contribution in [0.1, 0.15) is 33.1 Å². The molecule has 2 aliphatic carbocycles. The lowest BCUT2D eigenvalue weighted by molar-refractivity contribution is -0.111. The van der Waals surface area contributed by atoms with Gasteiger partial charge in [-0.25, -0.2) is 0 Å². The predicted octanol–water partition coefficient (Wildman–Crippen LogP) is 2.38. The Bertz CT molecular complexity index is 259. The number of ether oxygens (including phenoxy) is 1. The van der Waals surface area contributed by atoms with Gasteiger partial charge in [0.05, 0.1) is 18.8 Å². The monoisotopic (exact) mass is 210 g/mol. The van der Waals surface area contributed by atoms with E-state index in [-0.39, 0.29) is 12.2 Å². The molecule has 0 aromatic heterocycles. The fourth-order valence-electron chi connectivity index (χ4n) is 3.87. The molecule has 0 aromatic carbocycles. The van der Waals surface area contributed by atoms with Crippen molar-refractivity contribution in [2.24, 2.45) is 17.3 Å². The van der Waals surface area contributed by atoms with Crippen LogP contribution in [0.3, 0.4) is 0 Å². The molecule has 2 saturated carbocycles. The van der Waals surface area contributed by atoms with Gasteiger partial charge in [-0.15, -0.1) is 6.58 Å². The zero-order chi connectivity index (χ0) is 11.1. The van der Waals surface area contributed by atoms with E-state index in [9.17, 15) is 5.11 Å². The second kappa shape index (κ2) is 3.60. The largest absolute Gasteiger partial charge is 0.393 e. The Morgan fingerprint density at radius 2 is 2.20 bits per heavy atom. The zero-order valence-electron chi connectivity index (χ0n) is 9.83. The van der Waals surface area contributed by atoms with Gasteiger partial charge in [0.25, 0.3) is 0 Å². The molecule has 0 aliphatic heterocycles. The molecule has 2 heteroatoms. The van der Waals surface area contributed by atoms with Crippen molar-refractivity contribution in [2.45, 2.75) is 38.7 Å². The Kier molecular flexibility index (Phi) is 2.68. The molecule has 0 aromatic rings. The predicted molar refractivity (Wildman–Crippen MR) is 60.6 cm³/mol. The average Bonchev–Trinajstić information content (AvgIpc) is 2.63. The average molecular weight is 210 g/mol. The molecule has 2 aliphatic rings. The Hall–Kier alpha value is -0.340. The standard InChI is InChI=1S/C13H22O2/c1-4-7-15-13(9-14)8-10-5-6-11(13)12(10,2)3/h4,10-11,14H,1,5-9H2,2-3H3/t10-,11-,13+/m1/s1. The maximum Gasteiger partial charge on any atom is 0.0952 e. The molecule has 2 bridgehead atoms. The summed E-state index contributed by atoms with van der Waals surface area (Å²) in [5.74, 6) is 1.24. The van der Waals surface area contributed by atoms with E-state index >= 15 is 0 Å². The highest BCUT2D eigenvalue weighted by Crippen LogP contribution is 2.62. The summed E-state index contributed by atoms with van der Waals surface area (Å²) in [7, 11) is 0. The van der Waals surface area contributed by atoms with Crippen LogP contribution in [0.4, 0.5) is 0 Å². The Balaban J connectivity index is 2.19. The van der Waals surface area contributed by atoms with Crippen LogP contribution >= 0.6 is 0 Å². The summed E-state index contributed by atoms with van der Waals surface area (Å²) >= 11 is 0. The fourth-order valence-corrected chi connectivity index (χ4v) is 3.87. The van der Waals surface area contributed by atoms with Gasteiger partial charge in [-0.05, 0) is 36.5 Å². The Morgan fingerprint density at radius 3 is 2.60 bits per heavy atom. The molecule has 2 rings (SSSR count). The van der Waals surface area contributed by atoms with Gasteiger partial charge in [0.15, 0.2) is 0 Å². The van der Waals surface area contributed by atoms with Crippen LogP contribution in [-0.2, 0) is 4.74 Å². The summed E-state index contributed by atoms with van der Waals surface area (Å²) in [4.78, 5) is 0. The number of rotatable bonds is 4. The first kappa shape index (κ1) is 11.2. The molecule has 0 amide bonds. The van der Waals surface area contributed by atoms with Gasteiger partial charge in [-0.1, -0.05) is 19.9 Å². The molecule has 0 saturated heterocycles. The van der Waals surface area contributed by atoms with E-state index in [0.29, 0.717) is 17.9 Å². The van der Waals surface area contributed by atoms with Crippen LogP contribution in [0, 0.1) is 17.3 Å². The van der Waals surface area contributed by atoms with Crippen LogP contribution < -0.4 is 0 Å². The number of aliphatic hydroxyl groups excluding tert-OH is 1. The highest BCUT2D eigenvalue weighted by atomic mass is 16.5. The summed E-state index contributed by atoms with van der Waals surface area (Å²) in [6.07, 6.45) is 5.30. The SMILES string of the molecule is C=CCO[C@]1(CO)C[C@H]2CC[C@@H]1C2(C)C. The summed E-state index contributed by atoms with van der Waals surface area (Å²) < 4.78 is 5.89. The molecule has 0 radical (unpaired) electrons. The van der Waals surface area contributed by atoms with Crippen molar-refractivity contribution >= 4 is 0 Å². The van der Waals surface area contributed by atoms with E-state index in [2.05, 4.69) is 20.4 Å². The third-order valence-corrected chi connectivity index (χ3v) is 4.74. The maximum absolute atomic E-state index is 9.64. The first-order valence-corrected chi connectivity index (χ1v) is 5.92. The second-order valence-corrected chi connectivity index (χ2v) is 5.67. The van der Waals surface area contributed by atoms with Crippen LogP contribution in [-0.4, -0.2) is 23.9 Å². The minimum absolute atomic E-state index is 0.158. The number of hydrogen-bond donors (Lipinski definition) is 1. The Labute approximate surface area is 92.3 Å². The van der Waals surface area contributed by atoms with Crippen LogP contribution in [0.5, 0.6) is 0 Å². The van der Waals surface area contributed by atoms with Crippen molar-refractivity contribution in [3.05, 3.63) is 12.7 Å². The summed E-state index contributed by atoms with van der Waals surface area (Å²) in [5.41, 5.74) is 0.0600. The highest BCUT2D eigenvalue weighted by molar-refractivity contribution is 5.11. The minimum atomic E-state index is -0.277. The summed E-state index contributed by atoms with van der Waals surface area (Å²) in [6.45, 7) is 9.04. The summed E-state index contributed by atoms with van der Waals surface area (Å²) in [5, 5.41) is 9.64. The van der Waals surface area contributed by atoms with Gasteiger partial charge >= 0.3 is 0 Å². The van der Waals surface area contributed by atoms with Crippen molar-refractivity contribution in [3.8, 4) is 0 Å². The molecular weight excluding hydrogens is 188 g/mol. The molecule has 0 heterocycles. The second-order valence-electron chi connectivity index (χ2n) is 5.67. The molecule has 2 fully saturated rings. The van der Waals surface area contributed by atoms with E-state index in [1.54, 1.807) is 6.08 Å². The first-order valence-electron chi connectivity index (χ1n) is 5.92. The van der Waals surface area contributed by atoms with Crippen LogP contribution in [0.25, 0.3) is 0 Å². The van der Waals surface area contributed by atoms with Crippen molar-refractivity contribution in [2.75, 3.05) is 13.2 Å². The molecule has 3 atom stereocenters. The smallest absolute Gasteiger partial charge is 0.0952 e. The molecule has 0 spiro atoms. The van der Waals surface area contributed by atoms with E-state index in [1.807, 2.05) is 0 Å². The van der Waals surface area contributed by atoms with Crippen molar-refractivity contribution in [1.82, 2.24) is 0 Å². The molecular formula is C13H22O2. The molecule has 15 heavy (non-hydrogen) atoms. The number of hydrogen-bond acceptors (Lipinski definition) is 2. The zero-order valence-corrected chi connectivity index (χ0v) is 9.83. The quantitative estimate of drug-likeness (QED) is 0.722. The molecule has 2 nitrogen and oxygen atoms in total. The van der Waals surface area contributed by atoms with Gasteiger partial charge in [-0.2, -0.15) is 0 Å². The third-order valence-electron chi connectivity index (χ3n) is 4.74. The van der Waals surface area contributed by atoms with E-state index in [4.69, 9.17) is 4.74 Å². The molecule has 1 N–H and O–H groups in total. The normalized spacial score (nSPS) is 42.1. The molecule has 86 valence electrons. The van der Waals surface area contributed by atoms with Gasteiger partial charge in [-0.3, -0.25) is 0 Å². The van der Waals surface area contributed by atoms with Crippen molar-refractivity contribution in [3.63, 3.8) is 0 Å². The lowest BCUT2D eigenvalue weighted by atomic mass is 9.78. The minimum Gasteiger partial charge on any atom is -0.393 e.